The summed E-state index contributed by atoms with van der Waals surface area (Å²) in [7, 11) is 0. The number of rotatable bonds is 4. The van der Waals surface area contributed by atoms with Crippen LogP contribution in [0.15, 0.2) is 121 Å². The number of fused-ring (bicyclic) bond motifs is 2. The van der Waals surface area contributed by atoms with Gasteiger partial charge in [-0.1, -0.05) is 78.9 Å². The van der Waals surface area contributed by atoms with Crippen molar-refractivity contribution in [1.29, 1.82) is 0 Å². The SMILES string of the molecule is O=C1C=Cc2cc3c(-c4ccccc4N(c4ccccc4)c4ccccc4)cccc3cc2C1=O. The molecule has 0 bridgehead atoms. The summed E-state index contributed by atoms with van der Waals surface area (Å²) in [4.78, 5) is 26.7. The van der Waals surface area contributed by atoms with E-state index in [2.05, 4.69) is 53.4 Å². The van der Waals surface area contributed by atoms with Gasteiger partial charge in [0.2, 0.25) is 11.6 Å². The zero-order valence-corrected chi connectivity index (χ0v) is 18.9. The number of anilines is 3. The van der Waals surface area contributed by atoms with E-state index in [1.807, 2.05) is 66.7 Å². The molecule has 0 heterocycles. The number of hydrogen-bond donors (Lipinski definition) is 0. The fourth-order valence-electron chi connectivity index (χ4n) is 4.76. The molecule has 0 atom stereocenters. The Morgan fingerprint density at radius 1 is 0.514 bits per heavy atom. The fourth-order valence-corrected chi connectivity index (χ4v) is 4.76. The van der Waals surface area contributed by atoms with Crippen molar-refractivity contribution in [2.24, 2.45) is 0 Å². The quantitative estimate of drug-likeness (QED) is 0.262. The maximum Gasteiger partial charge on any atom is 0.233 e. The highest BCUT2D eigenvalue weighted by molar-refractivity contribution is 6.50. The number of carbonyl (C=O) groups excluding carboxylic acids is 2. The Kier molecular flexibility index (Phi) is 5.08. The maximum absolute atomic E-state index is 12.5. The summed E-state index contributed by atoms with van der Waals surface area (Å²) >= 11 is 0. The van der Waals surface area contributed by atoms with Crippen LogP contribution in [0.2, 0.25) is 0 Å². The minimum Gasteiger partial charge on any atom is -0.310 e. The lowest BCUT2D eigenvalue weighted by atomic mass is 9.89. The first-order valence-corrected chi connectivity index (χ1v) is 11.5. The number of carbonyl (C=O) groups is 2. The van der Waals surface area contributed by atoms with Gasteiger partial charge in [0.05, 0.1) is 5.69 Å². The van der Waals surface area contributed by atoms with Crippen LogP contribution in [0, 0.1) is 0 Å². The predicted molar refractivity (Wildman–Crippen MR) is 142 cm³/mol. The molecule has 35 heavy (non-hydrogen) atoms. The van der Waals surface area contributed by atoms with Crippen molar-refractivity contribution in [1.82, 2.24) is 0 Å². The summed E-state index contributed by atoms with van der Waals surface area (Å²) < 4.78 is 0. The summed E-state index contributed by atoms with van der Waals surface area (Å²) in [5.41, 5.74) is 6.56. The zero-order valence-electron chi connectivity index (χ0n) is 18.9. The maximum atomic E-state index is 12.5. The van der Waals surface area contributed by atoms with Crippen LogP contribution in [0.1, 0.15) is 15.9 Å². The molecule has 0 aliphatic heterocycles. The lowest BCUT2D eigenvalue weighted by Crippen LogP contribution is -2.16. The second kappa shape index (κ2) is 8.54. The van der Waals surface area contributed by atoms with Gasteiger partial charge in [-0.05, 0) is 70.4 Å². The van der Waals surface area contributed by atoms with E-state index in [0.717, 1.165) is 44.5 Å². The molecule has 0 saturated carbocycles. The van der Waals surface area contributed by atoms with Crippen molar-refractivity contribution in [2.45, 2.75) is 0 Å². The number of allylic oxidation sites excluding steroid dienone is 1. The average molecular weight is 452 g/mol. The first-order valence-electron chi connectivity index (χ1n) is 11.5. The number of para-hydroxylation sites is 3. The molecular formula is C32H21NO2. The average Bonchev–Trinajstić information content (AvgIpc) is 2.91. The standard InChI is InChI=1S/C32H21NO2/c34-31-19-18-23-20-28-22(21-29(23)32(31)35)10-9-16-26(28)27-15-7-8-17-30(27)33(24-11-3-1-4-12-24)25-13-5-2-6-14-25/h1-21H. The summed E-state index contributed by atoms with van der Waals surface area (Å²) in [5.74, 6) is -0.922. The fraction of sp³-hybridized carbons (Fsp3) is 0. The molecule has 0 fully saturated rings. The van der Waals surface area contributed by atoms with Crippen LogP contribution in [0.4, 0.5) is 17.1 Å². The molecule has 5 aromatic rings. The third-order valence-corrected chi connectivity index (χ3v) is 6.40. The van der Waals surface area contributed by atoms with E-state index in [-0.39, 0.29) is 0 Å². The Balaban J connectivity index is 1.60. The second-order valence-corrected chi connectivity index (χ2v) is 8.52. The van der Waals surface area contributed by atoms with Gasteiger partial charge in [-0.2, -0.15) is 0 Å². The smallest absolute Gasteiger partial charge is 0.233 e. The number of ketones is 2. The highest BCUT2D eigenvalue weighted by atomic mass is 16.2. The van der Waals surface area contributed by atoms with Crippen molar-refractivity contribution < 1.29 is 9.59 Å². The summed E-state index contributed by atoms with van der Waals surface area (Å²) in [6.07, 6.45) is 3.10. The van der Waals surface area contributed by atoms with Gasteiger partial charge in [0.25, 0.3) is 0 Å². The first kappa shape index (κ1) is 20.8. The van der Waals surface area contributed by atoms with E-state index in [1.165, 1.54) is 6.08 Å². The molecule has 6 rings (SSSR count). The molecule has 0 saturated heterocycles. The largest absolute Gasteiger partial charge is 0.310 e. The Hall–Kier alpha value is -4.76. The molecule has 1 aliphatic carbocycles. The molecule has 0 aromatic heterocycles. The predicted octanol–water partition coefficient (Wildman–Crippen LogP) is 7.76. The van der Waals surface area contributed by atoms with Crippen molar-refractivity contribution in [3.05, 3.63) is 132 Å². The van der Waals surface area contributed by atoms with E-state index in [9.17, 15) is 9.59 Å². The minimum absolute atomic E-state index is 0.450. The Morgan fingerprint density at radius 2 is 1.14 bits per heavy atom. The lowest BCUT2D eigenvalue weighted by Gasteiger charge is -2.28. The van der Waals surface area contributed by atoms with E-state index in [1.54, 1.807) is 6.08 Å². The molecule has 0 radical (unpaired) electrons. The van der Waals surface area contributed by atoms with Crippen molar-refractivity contribution in [3.8, 4) is 11.1 Å². The first-order chi connectivity index (χ1) is 17.2. The van der Waals surface area contributed by atoms with E-state index < -0.39 is 11.6 Å². The van der Waals surface area contributed by atoms with Gasteiger partial charge >= 0.3 is 0 Å². The molecule has 3 heteroatoms. The summed E-state index contributed by atoms with van der Waals surface area (Å²) in [5, 5.41) is 1.96. The normalized spacial score (nSPS) is 12.6. The van der Waals surface area contributed by atoms with Crippen molar-refractivity contribution >= 4 is 45.5 Å². The van der Waals surface area contributed by atoms with E-state index in [4.69, 9.17) is 0 Å². The highest BCUT2D eigenvalue weighted by Crippen LogP contribution is 2.42. The monoisotopic (exact) mass is 451 g/mol. The molecule has 3 nitrogen and oxygen atoms in total. The van der Waals surface area contributed by atoms with Gasteiger partial charge in [-0.3, -0.25) is 9.59 Å². The van der Waals surface area contributed by atoms with Crippen LogP contribution in [-0.2, 0) is 4.79 Å². The topological polar surface area (TPSA) is 37.4 Å². The zero-order chi connectivity index (χ0) is 23.8. The molecular weight excluding hydrogens is 430 g/mol. The molecule has 1 aliphatic rings. The van der Waals surface area contributed by atoms with Crippen LogP contribution < -0.4 is 4.90 Å². The third-order valence-electron chi connectivity index (χ3n) is 6.40. The van der Waals surface area contributed by atoms with Gasteiger partial charge in [-0.15, -0.1) is 0 Å². The van der Waals surface area contributed by atoms with Gasteiger partial charge in [-0.25, -0.2) is 0 Å². The molecule has 166 valence electrons. The molecule has 0 N–H and O–H groups in total. The molecule has 0 amide bonds. The summed E-state index contributed by atoms with van der Waals surface area (Å²) in [6.45, 7) is 0. The van der Waals surface area contributed by atoms with Crippen molar-refractivity contribution in [2.75, 3.05) is 4.90 Å². The van der Waals surface area contributed by atoms with Crippen LogP contribution in [-0.4, -0.2) is 11.6 Å². The summed E-state index contributed by atoms with van der Waals surface area (Å²) in [6, 6.07) is 39.0. The van der Waals surface area contributed by atoms with E-state index >= 15 is 0 Å². The number of hydrogen-bond acceptors (Lipinski definition) is 3. The molecule has 0 spiro atoms. The lowest BCUT2D eigenvalue weighted by molar-refractivity contribution is -0.110. The number of benzene rings is 5. The van der Waals surface area contributed by atoms with E-state index in [0.29, 0.717) is 5.56 Å². The van der Waals surface area contributed by atoms with Gasteiger partial charge in [0.15, 0.2) is 0 Å². The minimum atomic E-state index is -0.472. The Labute approximate surface area is 203 Å². The number of nitrogens with zero attached hydrogens (tertiary/aromatic N) is 1. The molecule has 0 unspecified atom stereocenters. The van der Waals surface area contributed by atoms with Gasteiger partial charge < -0.3 is 4.90 Å². The number of Topliss-reactive ketones (excluding diaryl/α,β-unsaturated/α-hetero) is 1. The van der Waals surface area contributed by atoms with Crippen LogP contribution >= 0.6 is 0 Å². The Bertz CT molecular complexity index is 1580. The van der Waals surface area contributed by atoms with Crippen molar-refractivity contribution in [3.63, 3.8) is 0 Å². The van der Waals surface area contributed by atoms with Gasteiger partial charge in [0.1, 0.15) is 0 Å². The highest BCUT2D eigenvalue weighted by Gasteiger charge is 2.23. The van der Waals surface area contributed by atoms with Crippen LogP contribution in [0.25, 0.3) is 28.0 Å². The Morgan fingerprint density at radius 3 is 1.86 bits per heavy atom. The third kappa shape index (κ3) is 3.64. The van der Waals surface area contributed by atoms with Crippen LogP contribution in [0.3, 0.4) is 0 Å². The van der Waals surface area contributed by atoms with Gasteiger partial charge in [0, 0.05) is 22.5 Å². The molecule has 5 aromatic carbocycles. The second-order valence-electron chi connectivity index (χ2n) is 8.52. The van der Waals surface area contributed by atoms with Crippen LogP contribution in [0.5, 0.6) is 0 Å².